The number of benzene rings is 4. The zero-order chi connectivity index (χ0) is 33.4. The fraction of sp³-hybridized carbons (Fsp3) is 0.250. The molecule has 15 heteroatoms. The van der Waals surface area contributed by atoms with Gasteiger partial charge >= 0.3 is 0 Å². The molecule has 0 radical (unpaired) electrons. The highest BCUT2D eigenvalue weighted by Crippen LogP contribution is 2.36. The van der Waals surface area contributed by atoms with Crippen molar-refractivity contribution in [3.63, 3.8) is 0 Å². The van der Waals surface area contributed by atoms with E-state index in [0.717, 1.165) is 12.1 Å². The van der Waals surface area contributed by atoms with E-state index in [2.05, 4.69) is 5.32 Å². The van der Waals surface area contributed by atoms with Crippen molar-refractivity contribution in [2.75, 3.05) is 26.4 Å². The summed E-state index contributed by atoms with van der Waals surface area (Å²) in [5.74, 6) is 1.52. The van der Waals surface area contributed by atoms with Gasteiger partial charge in [-0.15, -0.1) is 0 Å². The van der Waals surface area contributed by atoms with Crippen molar-refractivity contribution in [2.45, 2.75) is 30.6 Å². The predicted octanol–water partition coefficient (Wildman–Crippen LogP) is 4.97. The Labute approximate surface area is 270 Å². The molecule has 4 aromatic carbocycles. The minimum absolute atomic E-state index is 0.000227. The van der Waals surface area contributed by atoms with Gasteiger partial charge in [0.15, 0.2) is 29.1 Å². The molecule has 0 saturated carbocycles. The predicted molar refractivity (Wildman–Crippen MR) is 168 cm³/mol. The highest BCUT2D eigenvalue weighted by Gasteiger charge is 2.27. The van der Waals surface area contributed by atoms with Gasteiger partial charge < -0.3 is 24.3 Å². The van der Waals surface area contributed by atoms with Crippen LogP contribution in [0.3, 0.4) is 0 Å². The molecular weight excluding hydrogens is 634 g/mol. The lowest BCUT2D eigenvalue weighted by molar-refractivity contribution is -0.385. The molecule has 0 saturated heterocycles. The molecule has 0 amide bonds. The summed E-state index contributed by atoms with van der Waals surface area (Å²) in [6, 6.07) is 24.7. The summed E-state index contributed by atoms with van der Waals surface area (Å²) in [4.78, 5) is 20.7. The maximum absolute atomic E-state index is 12.2. The molecule has 2 aliphatic heterocycles. The Morgan fingerprint density at radius 1 is 0.766 bits per heavy atom. The zero-order valence-corrected chi connectivity index (χ0v) is 26.0. The van der Waals surface area contributed by atoms with Crippen molar-refractivity contribution in [3.05, 3.63) is 122 Å². The molecule has 0 fully saturated rings. The van der Waals surface area contributed by atoms with Crippen LogP contribution < -0.4 is 24.3 Å². The summed E-state index contributed by atoms with van der Waals surface area (Å²) in [6.45, 7) is 3.43. The van der Waals surface area contributed by atoms with E-state index < -0.39 is 26.1 Å². The molecule has 6 rings (SSSR count). The van der Waals surface area contributed by atoms with E-state index in [4.69, 9.17) is 23.1 Å². The van der Waals surface area contributed by atoms with Gasteiger partial charge in [-0.25, -0.2) is 0 Å². The van der Waals surface area contributed by atoms with E-state index >= 15 is 0 Å². The standard InChI is InChI=1S/C16H16N2O4.C16H15NO7S/c19-18(20)13-6-7-15-16(8-13)22-14(11-21-15)10-17-9-12-4-2-1-3-5-12;1-11-2-5-14(6-3-11)25(20,21)23-10-13-9-22-15-7-4-12(17(18)19)8-16(15)24-13/h1-8,14,17H,9-11H2;2-8,13H,9-10H2,1H3. The van der Waals surface area contributed by atoms with Crippen molar-refractivity contribution in [3.8, 4) is 23.0 Å². The Bertz CT molecular complexity index is 1820. The molecule has 246 valence electrons. The maximum Gasteiger partial charge on any atom is 0.297 e. The fourth-order valence-electron chi connectivity index (χ4n) is 4.53. The second-order valence-corrected chi connectivity index (χ2v) is 12.2. The molecule has 4 aromatic rings. The van der Waals surface area contributed by atoms with Crippen molar-refractivity contribution in [1.29, 1.82) is 0 Å². The Hall–Kier alpha value is -5.25. The molecule has 2 aliphatic rings. The largest absolute Gasteiger partial charge is 0.486 e. The molecule has 1 N–H and O–H groups in total. The Morgan fingerprint density at radius 3 is 1.89 bits per heavy atom. The third-order valence-corrected chi connectivity index (χ3v) is 8.27. The first-order valence-corrected chi connectivity index (χ1v) is 15.8. The van der Waals surface area contributed by atoms with Crippen molar-refractivity contribution in [1.82, 2.24) is 5.32 Å². The molecule has 0 spiro atoms. The van der Waals surface area contributed by atoms with Crippen molar-refractivity contribution < 1.29 is 41.4 Å². The van der Waals surface area contributed by atoms with Crippen LogP contribution >= 0.6 is 0 Å². The van der Waals surface area contributed by atoms with Crippen LogP contribution in [0.25, 0.3) is 0 Å². The third kappa shape index (κ3) is 8.94. The van der Waals surface area contributed by atoms with E-state index in [9.17, 15) is 28.6 Å². The summed E-state index contributed by atoms with van der Waals surface area (Å²) in [5, 5.41) is 24.9. The Kier molecular flexibility index (Phi) is 10.5. The minimum Gasteiger partial charge on any atom is -0.486 e. The van der Waals surface area contributed by atoms with Gasteiger partial charge in [0.2, 0.25) is 0 Å². The molecule has 0 aromatic heterocycles. The number of nitrogens with zero attached hydrogens (tertiary/aromatic N) is 2. The van der Waals surface area contributed by atoms with Crippen LogP contribution in [0.5, 0.6) is 23.0 Å². The quantitative estimate of drug-likeness (QED) is 0.137. The van der Waals surface area contributed by atoms with Crippen LogP contribution in [0.2, 0.25) is 0 Å². The number of nitrogens with one attached hydrogen (secondary N) is 1. The van der Waals surface area contributed by atoms with E-state index in [0.29, 0.717) is 30.4 Å². The molecule has 0 bridgehead atoms. The molecular formula is C32H31N3O11S. The van der Waals surface area contributed by atoms with Gasteiger partial charge in [0.1, 0.15) is 25.9 Å². The van der Waals surface area contributed by atoms with Crippen molar-refractivity contribution >= 4 is 21.5 Å². The van der Waals surface area contributed by atoms with Gasteiger partial charge in [-0.2, -0.15) is 8.42 Å². The fourth-order valence-corrected chi connectivity index (χ4v) is 5.47. The number of rotatable bonds is 10. The number of nitro benzene ring substituents is 2. The first-order chi connectivity index (χ1) is 22.6. The Balaban J connectivity index is 0.000000186. The molecule has 47 heavy (non-hydrogen) atoms. The average molecular weight is 666 g/mol. The van der Waals surface area contributed by atoms with E-state index in [1.165, 1.54) is 48.0 Å². The van der Waals surface area contributed by atoms with E-state index in [1.54, 1.807) is 18.2 Å². The van der Waals surface area contributed by atoms with Crippen LogP contribution in [0, 0.1) is 27.2 Å². The molecule has 2 unspecified atom stereocenters. The smallest absolute Gasteiger partial charge is 0.297 e. The van der Waals surface area contributed by atoms with Gasteiger partial charge in [0.05, 0.1) is 26.9 Å². The number of hydrogen-bond acceptors (Lipinski definition) is 12. The van der Waals surface area contributed by atoms with Crippen LogP contribution in [-0.4, -0.2) is 56.8 Å². The summed E-state index contributed by atoms with van der Waals surface area (Å²) in [6.07, 6.45) is -0.868. The van der Waals surface area contributed by atoms with Crippen LogP contribution in [0.15, 0.2) is 95.9 Å². The number of fused-ring (bicyclic) bond motifs is 2. The lowest BCUT2D eigenvalue weighted by Crippen LogP contribution is -2.38. The first kappa shape index (κ1) is 33.1. The van der Waals surface area contributed by atoms with Crippen LogP contribution in [-0.2, 0) is 20.8 Å². The summed E-state index contributed by atoms with van der Waals surface area (Å²) in [7, 11) is -3.92. The lowest BCUT2D eigenvalue weighted by atomic mass is 10.2. The average Bonchev–Trinajstić information content (AvgIpc) is 3.07. The van der Waals surface area contributed by atoms with Gasteiger partial charge in [-0.1, -0.05) is 48.0 Å². The summed E-state index contributed by atoms with van der Waals surface area (Å²) >= 11 is 0. The molecule has 2 atom stereocenters. The number of hydrogen-bond donors (Lipinski definition) is 1. The molecule has 0 aliphatic carbocycles. The number of aryl methyl sites for hydroxylation is 1. The lowest BCUT2D eigenvalue weighted by Gasteiger charge is -2.26. The van der Waals surface area contributed by atoms with Gasteiger partial charge in [0.25, 0.3) is 21.5 Å². The maximum atomic E-state index is 12.2. The van der Waals surface area contributed by atoms with E-state index in [-0.39, 0.29) is 41.3 Å². The monoisotopic (exact) mass is 665 g/mol. The van der Waals surface area contributed by atoms with E-state index in [1.807, 2.05) is 37.3 Å². The topological polar surface area (TPSA) is 179 Å². The highest BCUT2D eigenvalue weighted by molar-refractivity contribution is 7.86. The highest BCUT2D eigenvalue weighted by atomic mass is 32.2. The van der Waals surface area contributed by atoms with Gasteiger partial charge in [-0.3, -0.25) is 24.4 Å². The van der Waals surface area contributed by atoms with Crippen LogP contribution in [0.4, 0.5) is 11.4 Å². The summed E-state index contributed by atoms with van der Waals surface area (Å²) in [5.41, 5.74) is 1.98. The minimum atomic E-state index is -3.92. The Morgan fingerprint density at radius 2 is 1.32 bits per heavy atom. The SMILES string of the molecule is Cc1ccc(S(=O)(=O)OCC2COc3ccc([N+](=O)[O-])cc3O2)cc1.O=[N+]([O-])c1ccc2c(c1)OC(CNCc1ccccc1)CO2. The second kappa shape index (κ2) is 14.9. The van der Waals surface area contributed by atoms with Gasteiger partial charge in [0, 0.05) is 25.2 Å². The van der Waals surface area contributed by atoms with Crippen LogP contribution in [0.1, 0.15) is 11.1 Å². The first-order valence-electron chi connectivity index (χ1n) is 14.4. The summed E-state index contributed by atoms with van der Waals surface area (Å²) < 4.78 is 51.7. The number of nitro groups is 2. The zero-order valence-electron chi connectivity index (χ0n) is 25.1. The normalized spacial score (nSPS) is 16.4. The number of ether oxygens (including phenoxy) is 4. The van der Waals surface area contributed by atoms with Gasteiger partial charge in [-0.05, 0) is 36.8 Å². The molecule has 14 nitrogen and oxygen atoms in total. The molecule has 2 heterocycles. The van der Waals surface area contributed by atoms with Crippen molar-refractivity contribution in [2.24, 2.45) is 0 Å². The third-order valence-electron chi connectivity index (χ3n) is 6.98. The number of non-ortho nitro benzene ring substituents is 2. The second-order valence-electron chi connectivity index (χ2n) is 10.5.